The minimum absolute atomic E-state index is 0. The van der Waals surface area contributed by atoms with E-state index in [-0.39, 0.29) is 21.1 Å². The Bertz CT molecular complexity index is 236. The van der Waals surface area contributed by atoms with Gasteiger partial charge in [-0.2, -0.15) is 0 Å². The maximum Gasteiger partial charge on any atom is 0.0662 e. The topological polar surface area (TPSA) is 12.9 Å². The number of rotatable bonds is 0. The summed E-state index contributed by atoms with van der Waals surface area (Å²) in [5.74, 6) is 0. The zero-order chi connectivity index (χ0) is 7.72. The molecular formula is C7H7Cl2NPt. The summed E-state index contributed by atoms with van der Waals surface area (Å²) in [5.41, 5.74) is 1.72. The minimum Gasteiger partial charge on any atom is -0.258 e. The molecule has 0 N–H and O–H groups in total. The van der Waals surface area contributed by atoms with Crippen LogP contribution in [0.2, 0.25) is 10.0 Å². The normalized spacial score (nSPS) is 9.09. The van der Waals surface area contributed by atoms with E-state index in [1.54, 1.807) is 6.20 Å². The Morgan fingerprint density at radius 1 is 1.27 bits per heavy atom. The van der Waals surface area contributed by atoms with Crippen LogP contribution in [0.25, 0.3) is 0 Å². The molecule has 0 spiro atoms. The van der Waals surface area contributed by atoms with Crippen LogP contribution in [0.5, 0.6) is 0 Å². The molecule has 1 heterocycles. The number of hydrogen-bond acceptors (Lipinski definition) is 1. The number of aromatic nitrogens is 1. The monoisotopic (exact) mass is 370 g/mol. The number of pyridine rings is 1. The Hall–Kier alpha value is 0.418. The maximum absolute atomic E-state index is 5.84. The second-order valence-electron chi connectivity index (χ2n) is 2.13. The third kappa shape index (κ3) is 2.43. The van der Waals surface area contributed by atoms with Crippen LogP contribution in [0.4, 0.5) is 0 Å². The van der Waals surface area contributed by atoms with Gasteiger partial charge in [0.15, 0.2) is 0 Å². The summed E-state index contributed by atoms with van der Waals surface area (Å²) < 4.78 is 0. The Labute approximate surface area is 90.4 Å². The first-order valence-corrected chi connectivity index (χ1v) is 3.65. The van der Waals surface area contributed by atoms with Gasteiger partial charge in [0.1, 0.15) is 0 Å². The molecule has 0 aliphatic rings. The minimum atomic E-state index is 0. The first kappa shape index (κ1) is 11.4. The number of halogens is 2. The van der Waals surface area contributed by atoms with Crippen molar-refractivity contribution in [1.29, 1.82) is 0 Å². The molecule has 11 heavy (non-hydrogen) atoms. The van der Waals surface area contributed by atoms with Gasteiger partial charge < -0.3 is 0 Å². The molecule has 1 nitrogen and oxygen atoms in total. The first-order valence-electron chi connectivity index (χ1n) is 2.90. The van der Waals surface area contributed by atoms with E-state index in [2.05, 4.69) is 4.98 Å². The van der Waals surface area contributed by atoms with Crippen molar-refractivity contribution in [3.63, 3.8) is 0 Å². The van der Waals surface area contributed by atoms with Crippen LogP contribution in [0.1, 0.15) is 11.3 Å². The molecule has 0 atom stereocenters. The van der Waals surface area contributed by atoms with Crippen LogP contribution in [0.3, 0.4) is 0 Å². The van der Waals surface area contributed by atoms with Gasteiger partial charge in [-0.3, -0.25) is 4.98 Å². The van der Waals surface area contributed by atoms with Gasteiger partial charge >= 0.3 is 0 Å². The average Bonchev–Trinajstić information content (AvgIpc) is 1.93. The summed E-state index contributed by atoms with van der Waals surface area (Å²) in [4.78, 5) is 3.98. The van der Waals surface area contributed by atoms with E-state index in [1.807, 2.05) is 13.8 Å². The maximum atomic E-state index is 5.84. The van der Waals surface area contributed by atoms with E-state index in [4.69, 9.17) is 23.2 Å². The van der Waals surface area contributed by atoms with Gasteiger partial charge in [0.05, 0.1) is 15.7 Å². The molecule has 1 aromatic heterocycles. The van der Waals surface area contributed by atoms with E-state index >= 15 is 0 Å². The van der Waals surface area contributed by atoms with Crippen molar-refractivity contribution < 1.29 is 21.1 Å². The quantitative estimate of drug-likeness (QED) is 0.684. The largest absolute Gasteiger partial charge is 0.258 e. The predicted molar refractivity (Wildman–Crippen MR) is 43.7 cm³/mol. The Morgan fingerprint density at radius 3 is 2.27 bits per heavy atom. The van der Waals surface area contributed by atoms with Gasteiger partial charge in [0.25, 0.3) is 0 Å². The fraction of sp³-hybridized carbons (Fsp3) is 0.286. The van der Waals surface area contributed by atoms with Gasteiger partial charge in [-0.1, -0.05) is 23.2 Å². The zero-order valence-electron chi connectivity index (χ0n) is 6.10. The number of nitrogens with zero attached hydrogens (tertiary/aromatic N) is 1. The molecular weight excluding hydrogens is 364 g/mol. The van der Waals surface area contributed by atoms with Crippen molar-refractivity contribution in [2.75, 3.05) is 0 Å². The first-order chi connectivity index (χ1) is 4.63. The fourth-order valence-corrected chi connectivity index (χ4v) is 1.03. The average molecular weight is 371 g/mol. The van der Waals surface area contributed by atoms with Crippen LogP contribution < -0.4 is 0 Å². The van der Waals surface area contributed by atoms with E-state index in [9.17, 15) is 0 Å². The molecule has 0 saturated carbocycles. The second-order valence-corrected chi connectivity index (χ2v) is 2.92. The summed E-state index contributed by atoms with van der Waals surface area (Å²) in [5, 5.41) is 1.28. The molecule has 0 fully saturated rings. The van der Waals surface area contributed by atoms with E-state index in [0.717, 1.165) is 11.3 Å². The number of hydrogen-bond donors (Lipinski definition) is 0. The van der Waals surface area contributed by atoms with E-state index in [0.29, 0.717) is 10.0 Å². The van der Waals surface area contributed by atoms with Crippen LogP contribution >= 0.6 is 23.2 Å². The summed E-state index contributed by atoms with van der Waals surface area (Å²) in [7, 11) is 0. The standard InChI is InChI=1S/C7H7Cl2N.Pt/c1-4-6(8)3-10-5(2)7(4)9;/h3H,1-2H3;. The van der Waals surface area contributed by atoms with Crippen LogP contribution in [0, 0.1) is 13.8 Å². The summed E-state index contributed by atoms with van der Waals surface area (Å²) >= 11 is 11.6. The number of aryl methyl sites for hydroxylation is 1. The second kappa shape index (κ2) is 4.45. The van der Waals surface area contributed by atoms with Crippen LogP contribution in [-0.2, 0) is 21.1 Å². The molecule has 1 aromatic rings. The van der Waals surface area contributed by atoms with E-state index < -0.39 is 0 Å². The predicted octanol–water partition coefficient (Wildman–Crippen LogP) is 3.00. The molecule has 0 aliphatic heterocycles. The fourth-order valence-electron chi connectivity index (χ4n) is 0.683. The molecule has 0 amide bonds. The third-order valence-corrected chi connectivity index (χ3v) is 2.31. The molecule has 64 valence electrons. The van der Waals surface area contributed by atoms with Gasteiger partial charge in [0, 0.05) is 27.3 Å². The van der Waals surface area contributed by atoms with E-state index in [1.165, 1.54) is 0 Å². The molecule has 4 heteroatoms. The van der Waals surface area contributed by atoms with Crippen molar-refractivity contribution in [2.24, 2.45) is 0 Å². The molecule has 0 bridgehead atoms. The molecule has 0 aliphatic carbocycles. The molecule has 0 radical (unpaired) electrons. The summed E-state index contributed by atoms with van der Waals surface area (Å²) in [6.45, 7) is 3.73. The van der Waals surface area contributed by atoms with Gasteiger partial charge in [-0.25, -0.2) is 0 Å². The third-order valence-electron chi connectivity index (χ3n) is 1.38. The van der Waals surface area contributed by atoms with Crippen molar-refractivity contribution in [1.82, 2.24) is 4.98 Å². The van der Waals surface area contributed by atoms with Gasteiger partial charge in [-0.05, 0) is 19.4 Å². The SMILES string of the molecule is Cc1ncc(Cl)c(C)c1Cl.[Pt]. The zero-order valence-corrected chi connectivity index (χ0v) is 9.88. The Balaban J connectivity index is 0.000001000. The van der Waals surface area contributed by atoms with Crippen molar-refractivity contribution in [2.45, 2.75) is 13.8 Å². The van der Waals surface area contributed by atoms with Crippen molar-refractivity contribution in [3.05, 3.63) is 27.5 Å². The van der Waals surface area contributed by atoms with Crippen molar-refractivity contribution >= 4 is 23.2 Å². The van der Waals surface area contributed by atoms with Crippen LogP contribution in [-0.4, -0.2) is 4.98 Å². The Morgan fingerprint density at radius 2 is 1.82 bits per heavy atom. The van der Waals surface area contributed by atoms with Crippen LogP contribution in [0.15, 0.2) is 6.20 Å². The molecule has 1 rings (SSSR count). The summed E-state index contributed by atoms with van der Waals surface area (Å²) in [6, 6.07) is 0. The molecule has 0 saturated heterocycles. The Kier molecular flexibility index (Phi) is 4.61. The molecule has 0 aromatic carbocycles. The van der Waals surface area contributed by atoms with Crippen molar-refractivity contribution in [3.8, 4) is 0 Å². The smallest absolute Gasteiger partial charge is 0.0662 e. The molecule has 0 unspecified atom stereocenters. The van der Waals surface area contributed by atoms with Gasteiger partial charge in [-0.15, -0.1) is 0 Å². The summed E-state index contributed by atoms with van der Waals surface area (Å²) in [6.07, 6.45) is 1.61. The van der Waals surface area contributed by atoms with Gasteiger partial charge in [0.2, 0.25) is 0 Å².